The summed E-state index contributed by atoms with van der Waals surface area (Å²) in [6, 6.07) is 9.46. The van der Waals surface area contributed by atoms with Gasteiger partial charge in [-0.25, -0.2) is 9.59 Å². The molecule has 0 aliphatic carbocycles. The first-order chi connectivity index (χ1) is 11.1. The molecule has 3 rings (SSSR count). The number of hydrogen-bond donors (Lipinski definition) is 0. The number of fused-ring (bicyclic) bond motifs is 1. The van der Waals surface area contributed by atoms with Crippen LogP contribution in [0.15, 0.2) is 54.7 Å². The van der Waals surface area contributed by atoms with Gasteiger partial charge in [0.1, 0.15) is 17.9 Å². The Hall–Kier alpha value is -2.54. The zero-order valence-corrected chi connectivity index (χ0v) is 13.6. The maximum absolute atomic E-state index is 11.9. The topological polar surface area (TPSA) is 78.9 Å². The molecule has 6 nitrogen and oxygen atoms in total. The monoisotopic (exact) mass is 378 g/mol. The third-order valence-electron chi connectivity index (χ3n) is 3.17. The Morgan fingerprint density at radius 3 is 2.70 bits per heavy atom. The Morgan fingerprint density at radius 1 is 1.17 bits per heavy atom. The SMILES string of the molecule is COc1ccc2c(COC(=O)c3ccc(Br)o3)cc(=O)oc2c1. The van der Waals surface area contributed by atoms with E-state index >= 15 is 0 Å². The molecule has 0 unspecified atom stereocenters. The molecular formula is C16H11BrO6. The average Bonchev–Trinajstić information content (AvgIpc) is 2.98. The van der Waals surface area contributed by atoms with Crippen LogP contribution in [-0.4, -0.2) is 13.1 Å². The molecule has 0 saturated carbocycles. The van der Waals surface area contributed by atoms with Crippen molar-refractivity contribution in [1.82, 2.24) is 0 Å². The quantitative estimate of drug-likeness (QED) is 0.510. The van der Waals surface area contributed by atoms with E-state index in [1.165, 1.54) is 19.2 Å². The Labute approximate surface area is 138 Å². The van der Waals surface area contributed by atoms with Gasteiger partial charge >= 0.3 is 11.6 Å². The zero-order valence-electron chi connectivity index (χ0n) is 12.0. The first kappa shape index (κ1) is 15.4. The molecule has 0 aliphatic heterocycles. The van der Waals surface area contributed by atoms with Gasteiger partial charge in [0.05, 0.1) is 7.11 Å². The standard InChI is InChI=1S/C16H11BrO6/c1-20-10-2-3-11-9(6-15(18)23-13(11)7-10)8-21-16(19)12-4-5-14(17)22-12/h2-7H,8H2,1H3. The molecule has 1 aromatic carbocycles. The second-order valence-corrected chi connectivity index (χ2v) is 5.41. The van der Waals surface area contributed by atoms with E-state index in [1.807, 2.05) is 0 Å². The van der Waals surface area contributed by atoms with Crippen molar-refractivity contribution in [3.05, 3.63) is 62.8 Å². The van der Waals surface area contributed by atoms with Gasteiger partial charge in [0.25, 0.3) is 0 Å². The van der Waals surface area contributed by atoms with Gasteiger partial charge < -0.3 is 18.3 Å². The molecule has 7 heteroatoms. The molecule has 0 saturated heterocycles. The smallest absolute Gasteiger partial charge is 0.374 e. The molecule has 0 N–H and O–H groups in total. The third-order valence-corrected chi connectivity index (χ3v) is 3.60. The van der Waals surface area contributed by atoms with E-state index in [9.17, 15) is 9.59 Å². The summed E-state index contributed by atoms with van der Waals surface area (Å²) in [5.41, 5.74) is 0.374. The summed E-state index contributed by atoms with van der Waals surface area (Å²) < 4.78 is 21.0. The van der Waals surface area contributed by atoms with Crippen LogP contribution in [0.1, 0.15) is 16.1 Å². The van der Waals surface area contributed by atoms with Crippen LogP contribution in [0.5, 0.6) is 5.75 Å². The van der Waals surface area contributed by atoms with Crippen LogP contribution in [0.4, 0.5) is 0 Å². The lowest BCUT2D eigenvalue weighted by Crippen LogP contribution is -2.07. The maximum Gasteiger partial charge on any atom is 0.374 e. The maximum atomic E-state index is 11.9. The highest BCUT2D eigenvalue weighted by Gasteiger charge is 2.14. The fourth-order valence-electron chi connectivity index (χ4n) is 2.10. The Balaban J connectivity index is 1.87. The summed E-state index contributed by atoms with van der Waals surface area (Å²) >= 11 is 3.11. The second-order valence-electron chi connectivity index (χ2n) is 4.63. The van der Waals surface area contributed by atoms with Gasteiger partial charge in [0.15, 0.2) is 4.67 Å². The fourth-order valence-corrected chi connectivity index (χ4v) is 2.40. The van der Waals surface area contributed by atoms with E-state index in [2.05, 4.69) is 15.9 Å². The molecule has 2 aromatic heterocycles. The summed E-state index contributed by atoms with van der Waals surface area (Å²) in [6.45, 7) is -0.0778. The van der Waals surface area contributed by atoms with Crippen LogP contribution in [0.3, 0.4) is 0 Å². The van der Waals surface area contributed by atoms with Crippen molar-refractivity contribution < 1.29 is 23.1 Å². The van der Waals surface area contributed by atoms with Gasteiger partial charge in [-0.05, 0) is 40.2 Å². The van der Waals surface area contributed by atoms with E-state index in [0.717, 1.165) is 0 Å². The lowest BCUT2D eigenvalue weighted by atomic mass is 10.1. The van der Waals surface area contributed by atoms with Crippen molar-refractivity contribution in [3.63, 3.8) is 0 Å². The fraction of sp³-hybridized carbons (Fsp3) is 0.125. The van der Waals surface area contributed by atoms with Crippen molar-refractivity contribution in [2.24, 2.45) is 0 Å². The second kappa shape index (κ2) is 6.29. The molecule has 23 heavy (non-hydrogen) atoms. The van der Waals surface area contributed by atoms with Gasteiger partial charge in [0, 0.05) is 23.1 Å². The number of rotatable bonds is 4. The molecule has 3 aromatic rings. The highest BCUT2D eigenvalue weighted by molar-refractivity contribution is 9.10. The minimum atomic E-state index is -0.620. The summed E-state index contributed by atoms with van der Waals surface area (Å²) in [6.07, 6.45) is 0. The van der Waals surface area contributed by atoms with E-state index in [0.29, 0.717) is 27.0 Å². The molecule has 0 atom stereocenters. The van der Waals surface area contributed by atoms with Crippen LogP contribution in [0, 0.1) is 0 Å². The third kappa shape index (κ3) is 3.29. The number of halogens is 1. The van der Waals surface area contributed by atoms with Gasteiger partial charge in [-0.15, -0.1) is 0 Å². The van der Waals surface area contributed by atoms with Crippen LogP contribution < -0.4 is 10.4 Å². The number of ether oxygens (including phenoxy) is 2. The van der Waals surface area contributed by atoms with Gasteiger partial charge in [-0.1, -0.05) is 0 Å². The summed E-state index contributed by atoms with van der Waals surface area (Å²) in [5.74, 6) is 0.0200. The van der Waals surface area contributed by atoms with Crippen molar-refractivity contribution in [2.45, 2.75) is 6.61 Å². The summed E-state index contributed by atoms with van der Waals surface area (Å²) in [7, 11) is 1.52. The van der Waals surface area contributed by atoms with Crippen molar-refractivity contribution >= 4 is 32.9 Å². The zero-order chi connectivity index (χ0) is 16.4. The number of carbonyl (C=O) groups is 1. The first-order valence-electron chi connectivity index (χ1n) is 6.60. The average molecular weight is 379 g/mol. The highest BCUT2D eigenvalue weighted by Crippen LogP contribution is 2.23. The molecule has 0 fully saturated rings. The molecule has 0 spiro atoms. The number of methoxy groups -OCH3 is 1. The minimum absolute atomic E-state index is 0.0748. The van der Waals surface area contributed by atoms with E-state index < -0.39 is 11.6 Å². The van der Waals surface area contributed by atoms with E-state index in [4.69, 9.17) is 18.3 Å². The van der Waals surface area contributed by atoms with Crippen molar-refractivity contribution in [3.8, 4) is 5.75 Å². The van der Waals surface area contributed by atoms with Crippen molar-refractivity contribution in [1.29, 1.82) is 0 Å². The Kier molecular flexibility index (Phi) is 4.20. The largest absolute Gasteiger partial charge is 0.497 e. The van der Waals surface area contributed by atoms with Gasteiger partial charge in [-0.3, -0.25) is 0 Å². The number of hydrogen-bond acceptors (Lipinski definition) is 6. The van der Waals surface area contributed by atoms with Gasteiger partial charge in [-0.2, -0.15) is 0 Å². The van der Waals surface area contributed by atoms with E-state index in [-0.39, 0.29) is 12.4 Å². The first-order valence-corrected chi connectivity index (χ1v) is 7.39. The highest BCUT2D eigenvalue weighted by atomic mass is 79.9. The minimum Gasteiger partial charge on any atom is -0.497 e. The molecule has 2 heterocycles. The molecule has 0 bridgehead atoms. The predicted octanol–water partition coefficient (Wildman–Crippen LogP) is 3.51. The predicted molar refractivity (Wildman–Crippen MR) is 84.6 cm³/mol. The van der Waals surface area contributed by atoms with Crippen LogP contribution >= 0.6 is 15.9 Å². The number of furan rings is 1. The molecular weight excluding hydrogens is 368 g/mol. The molecule has 0 radical (unpaired) electrons. The molecule has 118 valence electrons. The lowest BCUT2D eigenvalue weighted by Gasteiger charge is -2.07. The van der Waals surface area contributed by atoms with Crippen LogP contribution in [0.25, 0.3) is 11.0 Å². The van der Waals surface area contributed by atoms with Crippen LogP contribution in [0.2, 0.25) is 0 Å². The Bertz CT molecular complexity index is 924. The number of carbonyl (C=O) groups excluding carboxylic acids is 1. The normalized spacial score (nSPS) is 10.7. The molecule has 0 aliphatic rings. The molecule has 0 amide bonds. The van der Waals surface area contributed by atoms with Gasteiger partial charge in [0.2, 0.25) is 5.76 Å². The van der Waals surface area contributed by atoms with E-state index in [1.54, 1.807) is 24.3 Å². The summed E-state index contributed by atoms with van der Waals surface area (Å²) in [5, 5.41) is 0.666. The van der Waals surface area contributed by atoms with Crippen molar-refractivity contribution in [2.75, 3.05) is 7.11 Å². The number of esters is 1. The Morgan fingerprint density at radius 2 is 2.00 bits per heavy atom. The van der Waals surface area contributed by atoms with Crippen LogP contribution in [-0.2, 0) is 11.3 Å². The summed E-state index contributed by atoms with van der Waals surface area (Å²) in [4.78, 5) is 23.5. The number of benzene rings is 1. The lowest BCUT2D eigenvalue weighted by molar-refractivity contribution is 0.0435.